The predicted octanol–water partition coefficient (Wildman–Crippen LogP) is 3.39. The van der Waals surface area contributed by atoms with Gasteiger partial charge in [0.1, 0.15) is 11.3 Å². The lowest BCUT2D eigenvalue weighted by atomic mass is 10.1. The van der Waals surface area contributed by atoms with E-state index in [4.69, 9.17) is 4.98 Å². The zero-order valence-corrected chi connectivity index (χ0v) is 15.5. The molecule has 2 atom stereocenters. The predicted molar refractivity (Wildman–Crippen MR) is 104 cm³/mol. The Balaban J connectivity index is 1.64. The summed E-state index contributed by atoms with van der Waals surface area (Å²) in [6.07, 6.45) is 1.12. The van der Waals surface area contributed by atoms with Gasteiger partial charge in [-0.1, -0.05) is 36.9 Å². The van der Waals surface area contributed by atoms with Crippen LogP contribution in [-0.4, -0.2) is 44.5 Å². The van der Waals surface area contributed by atoms with E-state index in [0.717, 1.165) is 46.9 Å². The maximum absolute atomic E-state index is 4.79. The summed E-state index contributed by atoms with van der Waals surface area (Å²) < 4.78 is 1.77. The molecule has 6 heteroatoms. The fourth-order valence-corrected chi connectivity index (χ4v) is 3.70. The summed E-state index contributed by atoms with van der Waals surface area (Å²) in [5.41, 5.74) is 3.87. The SMILES string of the molecule is C=C(Nc1nc(-n2nnc3ccccc32)ccc1C)C1CC(C)CN1C. The quantitative estimate of drug-likeness (QED) is 0.783. The maximum Gasteiger partial charge on any atom is 0.158 e. The molecule has 1 aromatic carbocycles. The number of likely N-dealkylation sites (tertiary alicyclic amines) is 1. The Morgan fingerprint density at radius 1 is 1.23 bits per heavy atom. The highest BCUT2D eigenvalue weighted by molar-refractivity contribution is 5.75. The summed E-state index contributed by atoms with van der Waals surface area (Å²) in [7, 11) is 2.15. The van der Waals surface area contributed by atoms with Crippen molar-refractivity contribution in [3.05, 3.63) is 54.2 Å². The van der Waals surface area contributed by atoms with Gasteiger partial charge in [0.2, 0.25) is 0 Å². The molecule has 134 valence electrons. The first-order chi connectivity index (χ1) is 12.5. The lowest BCUT2D eigenvalue weighted by Gasteiger charge is -2.23. The average molecular weight is 348 g/mol. The highest BCUT2D eigenvalue weighted by Gasteiger charge is 2.29. The number of aryl methyl sites for hydroxylation is 1. The molecule has 0 spiro atoms. The van der Waals surface area contributed by atoms with Gasteiger partial charge in [-0.05, 0) is 50.1 Å². The Morgan fingerprint density at radius 3 is 2.81 bits per heavy atom. The lowest BCUT2D eigenvalue weighted by molar-refractivity contribution is 0.341. The Kier molecular flexibility index (Phi) is 4.20. The van der Waals surface area contributed by atoms with E-state index in [0.29, 0.717) is 12.0 Å². The number of nitrogens with zero attached hydrogens (tertiary/aromatic N) is 5. The fraction of sp³-hybridized carbons (Fsp3) is 0.350. The Bertz CT molecular complexity index is 960. The average Bonchev–Trinajstić information content (AvgIpc) is 3.20. The first-order valence-corrected chi connectivity index (χ1v) is 8.97. The standard InChI is InChI=1S/C20H24N6/c1-13-11-18(25(4)12-13)15(3)21-20-14(2)9-10-19(22-20)26-17-8-6-5-7-16(17)23-24-26/h5-10,13,18H,3,11-12H2,1-2,4H3,(H,21,22). The number of benzene rings is 1. The molecule has 4 rings (SSSR count). The molecule has 3 aromatic rings. The molecule has 6 nitrogen and oxygen atoms in total. The van der Waals surface area contributed by atoms with Crippen molar-refractivity contribution in [2.75, 3.05) is 18.9 Å². The van der Waals surface area contributed by atoms with Gasteiger partial charge in [-0.2, -0.15) is 4.68 Å². The van der Waals surface area contributed by atoms with Crippen molar-refractivity contribution in [3.63, 3.8) is 0 Å². The van der Waals surface area contributed by atoms with Crippen molar-refractivity contribution in [2.45, 2.75) is 26.3 Å². The second kappa shape index (κ2) is 6.53. The van der Waals surface area contributed by atoms with Crippen LogP contribution < -0.4 is 5.32 Å². The maximum atomic E-state index is 4.79. The molecule has 0 bridgehead atoms. The van der Waals surface area contributed by atoms with Crippen molar-refractivity contribution in [1.29, 1.82) is 0 Å². The molecule has 1 saturated heterocycles. The summed E-state index contributed by atoms with van der Waals surface area (Å²) in [6.45, 7) is 9.70. The van der Waals surface area contributed by atoms with E-state index >= 15 is 0 Å². The third-order valence-electron chi connectivity index (χ3n) is 5.09. The first-order valence-electron chi connectivity index (χ1n) is 8.97. The van der Waals surface area contributed by atoms with Crippen molar-refractivity contribution < 1.29 is 0 Å². The molecule has 1 aliphatic heterocycles. The van der Waals surface area contributed by atoms with Gasteiger partial charge < -0.3 is 5.32 Å². The molecule has 0 saturated carbocycles. The number of nitrogens with one attached hydrogen (secondary N) is 1. The molecule has 0 amide bonds. The normalized spacial score (nSPS) is 20.6. The van der Waals surface area contributed by atoms with Gasteiger partial charge in [0.15, 0.2) is 5.82 Å². The number of pyridine rings is 1. The molecule has 2 unspecified atom stereocenters. The van der Waals surface area contributed by atoms with Crippen LogP contribution in [0, 0.1) is 12.8 Å². The highest BCUT2D eigenvalue weighted by atomic mass is 15.4. The van der Waals surface area contributed by atoms with E-state index in [1.807, 2.05) is 37.3 Å². The van der Waals surface area contributed by atoms with E-state index < -0.39 is 0 Å². The van der Waals surface area contributed by atoms with Crippen molar-refractivity contribution in [2.24, 2.45) is 5.92 Å². The Labute approximate surface area is 153 Å². The summed E-state index contributed by atoms with van der Waals surface area (Å²) in [6, 6.07) is 12.2. The first kappa shape index (κ1) is 16.7. The number of fused-ring (bicyclic) bond motifs is 1. The molecule has 1 aliphatic rings. The second-order valence-electron chi connectivity index (χ2n) is 7.27. The second-order valence-corrected chi connectivity index (χ2v) is 7.27. The van der Waals surface area contributed by atoms with Crippen LogP contribution in [0.25, 0.3) is 16.9 Å². The molecule has 0 aliphatic carbocycles. The third kappa shape index (κ3) is 2.97. The molecule has 3 heterocycles. The van der Waals surface area contributed by atoms with Crippen LogP contribution >= 0.6 is 0 Å². The van der Waals surface area contributed by atoms with Gasteiger partial charge in [0.25, 0.3) is 0 Å². The summed E-state index contributed by atoms with van der Waals surface area (Å²) in [4.78, 5) is 7.14. The van der Waals surface area contributed by atoms with Crippen LogP contribution in [0.5, 0.6) is 0 Å². The number of rotatable bonds is 4. The van der Waals surface area contributed by atoms with E-state index in [-0.39, 0.29) is 0 Å². The number of aromatic nitrogens is 4. The van der Waals surface area contributed by atoms with Crippen LogP contribution in [0.1, 0.15) is 18.9 Å². The van der Waals surface area contributed by atoms with Crippen LogP contribution in [0.15, 0.2) is 48.7 Å². The van der Waals surface area contributed by atoms with Gasteiger partial charge in [0.05, 0.1) is 5.52 Å². The molecule has 1 fully saturated rings. The van der Waals surface area contributed by atoms with Crippen molar-refractivity contribution in [3.8, 4) is 5.82 Å². The van der Waals surface area contributed by atoms with Crippen LogP contribution in [-0.2, 0) is 0 Å². The largest absolute Gasteiger partial charge is 0.343 e. The highest BCUT2D eigenvalue weighted by Crippen LogP contribution is 2.27. The zero-order chi connectivity index (χ0) is 18.3. The van der Waals surface area contributed by atoms with Gasteiger partial charge >= 0.3 is 0 Å². The van der Waals surface area contributed by atoms with E-state index in [2.05, 4.69) is 47.1 Å². The number of hydrogen-bond acceptors (Lipinski definition) is 5. The molecular formula is C20H24N6. The molecule has 1 N–H and O–H groups in total. The van der Waals surface area contributed by atoms with Crippen LogP contribution in [0.2, 0.25) is 0 Å². The number of para-hydroxylation sites is 1. The minimum atomic E-state index is 0.335. The summed E-state index contributed by atoms with van der Waals surface area (Å²) in [5.74, 6) is 2.25. The molecule has 0 radical (unpaired) electrons. The molecule has 2 aromatic heterocycles. The number of likely N-dealkylation sites (N-methyl/N-ethyl adjacent to an activating group) is 1. The van der Waals surface area contributed by atoms with Crippen molar-refractivity contribution >= 4 is 16.9 Å². The van der Waals surface area contributed by atoms with Gasteiger partial charge in [-0.3, -0.25) is 4.90 Å². The number of hydrogen-bond donors (Lipinski definition) is 1. The minimum absolute atomic E-state index is 0.335. The van der Waals surface area contributed by atoms with Crippen LogP contribution in [0.4, 0.5) is 5.82 Å². The Morgan fingerprint density at radius 2 is 2.04 bits per heavy atom. The lowest BCUT2D eigenvalue weighted by Crippen LogP contribution is -2.29. The monoisotopic (exact) mass is 348 g/mol. The Hall–Kier alpha value is -2.73. The summed E-state index contributed by atoms with van der Waals surface area (Å²) in [5, 5.41) is 11.9. The summed E-state index contributed by atoms with van der Waals surface area (Å²) >= 11 is 0. The smallest absolute Gasteiger partial charge is 0.158 e. The van der Waals surface area contributed by atoms with Gasteiger partial charge in [0, 0.05) is 18.3 Å². The zero-order valence-electron chi connectivity index (χ0n) is 15.5. The van der Waals surface area contributed by atoms with Crippen LogP contribution in [0.3, 0.4) is 0 Å². The van der Waals surface area contributed by atoms with Gasteiger partial charge in [-0.15, -0.1) is 5.10 Å². The molecular weight excluding hydrogens is 324 g/mol. The van der Waals surface area contributed by atoms with Gasteiger partial charge in [-0.25, -0.2) is 4.98 Å². The van der Waals surface area contributed by atoms with E-state index in [1.54, 1.807) is 4.68 Å². The topological polar surface area (TPSA) is 58.9 Å². The fourth-order valence-electron chi connectivity index (χ4n) is 3.70. The third-order valence-corrected chi connectivity index (χ3v) is 5.09. The number of anilines is 1. The van der Waals surface area contributed by atoms with E-state index in [9.17, 15) is 0 Å². The minimum Gasteiger partial charge on any atom is -0.343 e. The molecule has 26 heavy (non-hydrogen) atoms. The van der Waals surface area contributed by atoms with E-state index in [1.165, 1.54) is 0 Å². The van der Waals surface area contributed by atoms with Crippen molar-refractivity contribution in [1.82, 2.24) is 24.9 Å².